The van der Waals surface area contributed by atoms with Crippen LogP contribution in [0.25, 0.3) is 0 Å². The smallest absolute Gasteiger partial charge is 0.344 e. The van der Waals surface area contributed by atoms with Gasteiger partial charge in [0.25, 0.3) is 0 Å². The van der Waals surface area contributed by atoms with E-state index in [1.807, 2.05) is 11.9 Å². The Kier molecular flexibility index (Phi) is 4.31. The molecule has 0 saturated carbocycles. The van der Waals surface area contributed by atoms with Crippen LogP contribution in [0, 0.1) is 5.92 Å². The van der Waals surface area contributed by atoms with Gasteiger partial charge in [-0.1, -0.05) is 0 Å². The molecule has 0 aromatic carbocycles. The van der Waals surface area contributed by atoms with Crippen molar-refractivity contribution in [2.24, 2.45) is 5.92 Å². The van der Waals surface area contributed by atoms with Gasteiger partial charge in [0.1, 0.15) is 5.82 Å². The van der Waals surface area contributed by atoms with Crippen LogP contribution in [0.15, 0.2) is 23.1 Å². The first-order valence-corrected chi connectivity index (χ1v) is 7.94. The van der Waals surface area contributed by atoms with E-state index in [2.05, 4.69) is 30.9 Å². The average Bonchev–Trinajstić information content (AvgIpc) is 2.91. The Bertz CT molecular complexity index is 683. The standard InChI is InChI=1S/C14H15BrF3N5/c1-22(13-19-4-10(15)5-20-13)6-9-2-3-12-21-11(14(16,17)18)8-23(12)7-9/h4-5,8-9H,2-3,6-7H2,1H3. The predicted molar refractivity (Wildman–Crippen MR) is 82.0 cm³/mol. The lowest BCUT2D eigenvalue weighted by Gasteiger charge is -2.28. The van der Waals surface area contributed by atoms with Crippen LogP contribution in [0.4, 0.5) is 19.1 Å². The van der Waals surface area contributed by atoms with Crippen molar-refractivity contribution in [1.82, 2.24) is 19.5 Å². The van der Waals surface area contributed by atoms with E-state index in [4.69, 9.17) is 0 Å². The van der Waals surface area contributed by atoms with Gasteiger partial charge in [0.2, 0.25) is 5.95 Å². The van der Waals surface area contributed by atoms with Gasteiger partial charge in [0.05, 0.1) is 4.47 Å². The Hall–Kier alpha value is -1.64. The predicted octanol–water partition coefficient (Wildman–Crippen LogP) is 3.15. The lowest BCUT2D eigenvalue weighted by Crippen LogP contribution is -2.32. The maximum Gasteiger partial charge on any atom is 0.434 e. The lowest BCUT2D eigenvalue weighted by atomic mass is 9.99. The maximum atomic E-state index is 12.7. The molecule has 124 valence electrons. The summed E-state index contributed by atoms with van der Waals surface area (Å²) < 4.78 is 40.6. The van der Waals surface area contributed by atoms with E-state index in [0.29, 0.717) is 31.3 Å². The highest BCUT2D eigenvalue weighted by Gasteiger charge is 2.35. The van der Waals surface area contributed by atoms with Crippen LogP contribution in [-0.4, -0.2) is 33.1 Å². The van der Waals surface area contributed by atoms with Gasteiger partial charge in [0, 0.05) is 45.1 Å². The Balaban J connectivity index is 1.67. The first-order chi connectivity index (χ1) is 10.8. The van der Waals surface area contributed by atoms with Crippen LogP contribution in [0.1, 0.15) is 17.9 Å². The summed E-state index contributed by atoms with van der Waals surface area (Å²) in [6.07, 6.45) is 1.41. The number of nitrogens with zero attached hydrogens (tertiary/aromatic N) is 5. The highest BCUT2D eigenvalue weighted by atomic mass is 79.9. The summed E-state index contributed by atoms with van der Waals surface area (Å²) in [5, 5.41) is 0. The van der Waals surface area contributed by atoms with Crippen molar-refractivity contribution in [2.45, 2.75) is 25.6 Å². The molecule has 0 spiro atoms. The van der Waals surface area contributed by atoms with Crippen molar-refractivity contribution < 1.29 is 13.2 Å². The molecule has 0 amide bonds. The lowest BCUT2D eigenvalue weighted by molar-refractivity contribution is -0.141. The number of hydrogen-bond donors (Lipinski definition) is 0. The first kappa shape index (κ1) is 16.2. The fraction of sp³-hybridized carbons (Fsp3) is 0.500. The van der Waals surface area contributed by atoms with Crippen LogP contribution in [-0.2, 0) is 19.1 Å². The maximum absolute atomic E-state index is 12.7. The Morgan fingerprint density at radius 2 is 2.04 bits per heavy atom. The number of aryl methyl sites for hydroxylation is 1. The Labute approximate surface area is 139 Å². The van der Waals surface area contributed by atoms with Crippen LogP contribution in [0.3, 0.4) is 0 Å². The second-order valence-electron chi connectivity index (χ2n) is 5.68. The summed E-state index contributed by atoms with van der Waals surface area (Å²) in [5.74, 6) is 1.34. The quantitative estimate of drug-likeness (QED) is 0.808. The van der Waals surface area contributed by atoms with Crippen LogP contribution in [0.5, 0.6) is 0 Å². The molecule has 0 radical (unpaired) electrons. The molecule has 3 rings (SSSR count). The van der Waals surface area contributed by atoms with Crippen molar-refractivity contribution in [1.29, 1.82) is 0 Å². The first-order valence-electron chi connectivity index (χ1n) is 7.15. The van der Waals surface area contributed by atoms with Crippen molar-refractivity contribution >= 4 is 21.9 Å². The second-order valence-corrected chi connectivity index (χ2v) is 6.59. The summed E-state index contributed by atoms with van der Waals surface area (Å²) in [7, 11) is 1.88. The van der Waals surface area contributed by atoms with Gasteiger partial charge in [0.15, 0.2) is 5.69 Å². The fourth-order valence-electron chi connectivity index (χ4n) is 2.77. The van der Waals surface area contributed by atoms with E-state index < -0.39 is 11.9 Å². The molecule has 1 atom stereocenters. The summed E-state index contributed by atoms with van der Waals surface area (Å²) in [4.78, 5) is 14.1. The molecule has 5 nitrogen and oxygen atoms in total. The zero-order valence-corrected chi connectivity index (χ0v) is 14.0. The molecule has 1 aliphatic rings. The number of fused-ring (bicyclic) bond motifs is 1. The van der Waals surface area contributed by atoms with E-state index in [-0.39, 0.29) is 5.92 Å². The molecule has 0 fully saturated rings. The molecule has 23 heavy (non-hydrogen) atoms. The highest BCUT2D eigenvalue weighted by Crippen LogP contribution is 2.31. The zero-order chi connectivity index (χ0) is 16.6. The van der Waals surface area contributed by atoms with Crippen LogP contribution in [0.2, 0.25) is 0 Å². The average molecular weight is 390 g/mol. The SMILES string of the molecule is CN(CC1CCc2nc(C(F)(F)F)cn2C1)c1ncc(Br)cn1. The number of aromatic nitrogens is 4. The number of anilines is 1. The molecule has 0 saturated heterocycles. The summed E-state index contributed by atoms with van der Waals surface area (Å²) >= 11 is 3.28. The third-order valence-corrected chi connectivity index (χ3v) is 4.27. The minimum absolute atomic E-state index is 0.232. The molecule has 3 heterocycles. The van der Waals surface area contributed by atoms with Crippen molar-refractivity contribution in [3.63, 3.8) is 0 Å². The van der Waals surface area contributed by atoms with Gasteiger partial charge < -0.3 is 9.47 Å². The van der Waals surface area contributed by atoms with E-state index >= 15 is 0 Å². The van der Waals surface area contributed by atoms with E-state index in [0.717, 1.165) is 17.1 Å². The monoisotopic (exact) mass is 389 g/mol. The minimum atomic E-state index is -4.39. The number of halogens is 4. The van der Waals surface area contributed by atoms with E-state index in [1.54, 1.807) is 17.0 Å². The molecule has 1 aliphatic heterocycles. The van der Waals surface area contributed by atoms with E-state index in [1.165, 1.54) is 0 Å². The molecule has 0 bridgehead atoms. The second kappa shape index (κ2) is 6.10. The van der Waals surface area contributed by atoms with Gasteiger partial charge in [-0.25, -0.2) is 15.0 Å². The number of alkyl halides is 3. The number of hydrogen-bond acceptors (Lipinski definition) is 4. The summed E-state index contributed by atoms with van der Waals surface area (Å²) in [6, 6.07) is 0. The third kappa shape index (κ3) is 3.65. The molecular weight excluding hydrogens is 375 g/mol. The molecule has 9 heteroatoms. The Morgan fingerprint density at radius 1 is 1.35 bits per heavy atom. The molecule has 0 N–H and O–H groups in total. The van der Waals surface area contributed by atoms with Gasteiger partial charge in [-0.2, -0.15) is 13.2 Å². The summed E-state index contributed by atoms with van der Waals surface area (Å²) in [6.45, 7) is 1.21. The van der Waals surface area contributed by atoms with Crippen molar-refractivity contribution in [2.75, 3.05) is 18.5 Å². The zero-order valence-electron chi connectivity index (χ0n) is 12.4. The topological polar surface area (TPSA) is 46.8 Å². The highest BCUT2D eigenvalue weighted by molar-refractivity contribution is 9.10. The Morgan fingerprint density at radius 3 is 2.70 bits per heavy atom. The van der Waals surface area contributed by atoms with Crippen LogP contribution >= 0.6 is 15.9 Å². The number of imidazole rings is 1. The van der Waals surface area contributed by atoms with Gasteiger partial charge in [-0.3, -0.25) is 0 Å². The normalized spacial score (nSPS) is 17.9. The molecule has 0 aliphatic carbocycles. The minimum Gasteiger partial charge on any atom is -0.344 e. The van der Waals surface area contributed by atoms with Crippen molar-refractivity contribution in [3.05, 3.63) is 34.6 Å². The van der Waals surface area contributed by atoms with Gasteiger partial charge >= 0.3 is 6.18 Å². The van der Waals surface area contributed by atoms with Gasteiger partial charge in [-0.15, -0.1) is 0 Å². The summed E-state index contributed by atoms with van der Waals surface area (Å²) in [5.41, 5.74) is -0.808. The largest absolute Gasteiger partial charge is 0.434 e. The molecular formula is C14H15BrF3N5. The van der Waals surface area contributed by atoms with Crippen LogP contribution < -0.4 is 4.90 Å². The van der Waals surface area contributed by atoms with Gasteiger partial charge in [-0.05, 0) is 28.3 Å². The molecule has 2 aromatic heterocycles. The van der Waals surface area contributed by atoms with E-state index in [9.17, 15) is 13.2 Å². The van der Waals surface area contributed by atoms with Crippen molar-refractivity contribution in [3.8, 4) is 0 Å². The molecule has 2 aromatic rings. The number of rotatable bonds is 3. The fourth-order valence-corrected chi connectivity index (χ4v) is 2.98. The molecule has 1 unspecified atom stereocenters. The third-order valence-electron chi connectivity index (χ3n) is 3.86.